The second kappa shape index (κ2) is 6.19. The number of nitrogens with zero attached hydrogens (tertiary/aromatic N) is 2. The first-order valence-corrected chi connectivity index (χ1v) is 6.59. The van der Waals surface area contributed by atoms with Gasteiger partial charge in [-0.15, -0.1) is 0 Å². The van der Waals surface area contributed by atoms with Crippen molar-refractivity contribution in [3.8, 4) is 0 Å². The molecule has 1 aromatic carbocycles. The summed E-state index contributed by atoms with van der Waals surface area (Å²) in [5.41, 5.74) is 1.60. The largest absolute Gasteiger partial charge is 0.363 e. The Morgan fingerprint density at radius 2 is 2.05 bits per heavy atom. The van der Waals surface area contributed by atoms with E-state index in [9.17, 15) is 5.11 Å². The predicted octanol–water partition coefficient (Wildman–Crippen LogP) is 3.17. The van der Waals surface area contributed by atoms with E-state index in [1.807, 2.05) is 48.7 Å². The highest BCUT2D eigenvalue weighted by Gasteiger charge is 2.21. The van der Waals surface area contributed by atoms with Crippen LogP contribution in [-0.2, 0) is 4.74 Å². The normalized spacial score (nSPS) is 14.3. The third-order valence-electron chi connectivity index (χ3n) is 3.04. The molecule has 4 nitrogen and oxygen atoms in total. The van der Waals surface area contributed by atoms with Crippen molar-refractivity contribution in [3.63, 3.8) is 0 Å². The van der Waals surface area contributed by atoms with Gasteiger partial charge in [0.2, 0.25) is 0 Å². The van der Waals surface area contributed by atoms with Crippen molar-refractivity contribution in [1.29, 1.82) is 0 Å². The molecule has 0 aliphatic rings. The van der Waals surface area contributed by atoms with E-state index in [4.69, 9.17) is 16.3 Å². The van der Waals surface area contributed by atoms with Crippen LogP contribution in [0.3, 0.4) is 0 Å². The number of benzene rings is 1. The number of halogens is 1. The molecule has 2 aromatic rings. The minimum atomic E-state index is -1.06. The van der Waals surface area contributed by atoms with Crippen molar-refractivity contribution >= 4 is 11.6 Å². The summed E-state index contributed by atoms with van der Waals surface area (Å²) in [4.78, 5) is 4.05. The highest BCUT2D eigenvalue weighted by molar-refractivity contribution is 6.30. The third kappa shape index (κ3) is 2.97. The molecule has 1 heterocycles. The zero-order valence-corrected chi connectivity index (χ0v) is 11.7. The SMILES string of the molecule is CCOC(O)c1c(Cl)ncn1[C@H](C)c1ccccc1. The third-order valence-corrected chi connectivity index (χ3v) is 3.33. The molecule has 0 aliphatic carbocycles. The molecule has 2 rings (SSSR count). The van der Waals surface area contributed by atoms with Crippen LogP contribution in [0.15, 0.2) is 36.7 Å². The summed E-state index contributed by atoms with van der Waals surface area (Å²) in [6, 6.07) is 9.98. The number of hydrogen-bond donors (Lipinski definition) is 1. The van der Waals surface area contributed by atoms with E-state index in [-0.39, 0.29) is 11.2 Å². The number of imidazole rings is 1. The van der Waals surface area contributed by atoms with Crippen molar-refractivity contribution in [2.45, 2.75) is 26.2 Å². The van der Waals surface area contributed by atoms with E-state index in [0.717, 1.165) is 5.56 Å². The average Bonchev–Trinajstić information content (AvgIpc) is 2.81. The van der Waals surface area contributed by atoms with E-state index in [2.05, 4.69) is 4.98 Å². The molecule has 1 aromatic heterocycles. The highest BCUT2D eigenvalue weighted by Crippen LogP contribution is 2.28. The predicted molar refractivity (Wildman–Crippen MR) is 74.1 cm³/mol. The van der Waals surface area contributed by atoms with Crippen LogP contribution in [0.5, 0.6) is 0 Å². The van der Waals surface area contributed by atoms with Gasteiger partial charge in [-0.3, -0.25) is 0 Å². The molecule has 19 heavy (non-hydrogen) atoms. The van der Waals surface area contributed by atoms with Crippen molar-refractivity contribution in [2.24, 2.45) is 0 Å². The minimum absolute atomic E-state index is 0.0197. The Morgan fingerprint density at radius 1 is 1.37 bits per heavy atom. The molecule has 2 atom stereocenters. The summed E-state index contributed by atoms with van der Waals surface area (Å²) in [6.07, 6.45) is 0.559. The van der Waals surface area contributed by atoms with E-state index >= 15 is 0 Å². The zero-order chi connectivity index (χ0) is 13.8. The van der Waals surface area contributed by atoms with Crippen LogP contribution in [0.2, 0.25) is 5.15 Å². The lowest BCUT2D eigenvalue weighted by Gasteiger charge is -2.20. The summed E-state index contributed by atoms with van der Waals surface area (Å²) >= 11 is 6.04. The smallest absolute Gasteiger partial charge is 0.199 e. The van der Waals surface area contributed by atoms with Crippen molar-refractivity contribution in [3.05, 3.63) is 53.1 Å². The van der Waals surface area contributed by atoms with Gasteiger partial charge in [0, 0.05) is 6.61 Å². The van der Waals surface area contributed by atoms with Gasteiger partial charge in [-0.1, -0.05) is 41.9 Å². The molecule has 1 N–H and O–H groups in total. The fourth-order valence-electron chi connectivity index (χ4n) is 2.01. The summed E-state index contributed by atoms with van der Waals surface area (Å²) < 4.78 is 7.04. The molecule has 0 radical (unpaired) electrons. The summed E-state index contributed by atoms with van der Waals surface area (Å²) in [5.74, 6) is 0. The van der Waals surface area contributed by atoms with Gasteiger partial charge in [-0.05, 0) is 19.4 Å². The Morgan fingerprint density at radius 3 is 2.68 bits per heavy atom. The standard InChI is InChI=1S/C14H17ClN2O2/c1-3-19-14(18)12-13(15)16-9-17(12)10(2)11-7-5-4-6-8-11/h4-10,14,18H,3H2,1-2H3/t10-,14?/m1/s1. The molecule has 0 bridgehead atoms. The number of rotatable bonds is 5. The molecule has 0 saturated carbocycles. The second-order valence-corrected chi connectivity index (χ2v) is 4.58. The van der Waals surface area contributed by atoms with Crippen LogP contribution in [0.1, 0.15) is 37.4 Å². The number of aliphatic hydroxyl groups is 1. The van der Waals surface area contributed by atoms with Crippen LogP contribution >= 0.6 is 11.6 Å². The Labute approximate surface area is 117 Å². The van der Waals surface area contributed by atoms with Gasteiger partial charge in [0.05, 0.1) is 12.4 Å². The van der Waals surface area contributed by atoms with Gasteiger partial charge in [-0.25, -0.2) is 4.98 Å². The Hall–Kier alpha value is -1.36. The summed E-state index contributed by atoms with van der Waals surface area (Å²) in [5, 5.41) is 10.3. The maximum absolute atomic E-state index is 10.00. The van der Waals surface area contributed by atoms with Gasteiger partial charge < -0.3 is 14.4 Å². The summed E-state index contributed by atoms with van der Waals surface area (Å²) in [6.45, 7) is 4.25. The van der Waals surface area contributed by atoms with Crippen LogP contribution in [-0.4, -0.2) is 21.3 Å². The lowest BCUT2D eigenvalue weighted by molar-refractivity contribution is -0.103. The average molecular weight is 281 g/mol. The number of hydrogen-bond acceptors (Lipinski definition) is 3. The van der Waals surface area contributed by atoms with Gasteiger partial charge in [0.15, 0.2) is 11.4 Å². The maximum Gasteiger partial charge on any atom is 0.199 e. The molecule has 1 unspecified atom stereocenters. The second-order valence-electron chi connectivity index (χ2n) is 4.22. The monoisotopic (exact) mass is 280 g/mol. The summed E-state index contributed by atoms with van der Waals surface area (Å²) in [7, 11) is 0. The topological polar surface area (TPSA) is 47.3 Å². The number of aliphatic hydroxyl groups excluding tert-OH is 1. The van der Waals surface area contributed by atoms with Crippen molar-refractivity contribution < 1.29 is 9.84 Å². The molecule has 0 fully saturated rings. The van der Waals surface area contributed by atoms with Gasteiger partial charge >= 0.3 is 0 Å². The minimum Gasteiger partial charge on any atom is -0.363 e. The first kappa shape index (κ1) is 14.1. The van der Waals surface area contributed by atoms with Gasteiger partial charge in [0.1, 0.15) is 5.69 Å². The fraction of sp³-hybridized carbons (Fsp3) is 0.357. The number of ether oxygens (including phenoxy) is 1. The van der Waals surface area contributed by atoms with Gasteiger partial charge in [0.25, 0.3) is 0 Å². The highest BCUT2D eigenvalue weighted by atomic mass is 35.5. The van der Waals surface area contributed by atoms with Crippen molar-refractivity contribution in [2.75, 3.05) is 6.61 Å². The molecule has 0 aliphatic heterocycles. The molecular weight excluding hydrogens is 264 g/mol. The van der Waals surface area contributed by atoms with Gasteiger partial charge in [-0.2, -0.15) is 0 Å². The van der Waals surface area contributed by atoms with Crippen molar-refractivity contribution in [1.82, 2.24) is 9.55 Å². The molecule has 0 saturated heterocycles. The molecule has 0 amide bonds. The van der Waals surface area contributed by atoms with Crippen LogP contribution < -0.4 is 0 Å². The van der Waals surface area contributed by atoms with Crippen LogP contribution in [0.4, 0.5) is 0 Å². The molecule has 0 spiro atoms. The molecule has 102 valence electrons. The molecule has 5 heteroatoms. The van der Waals surface area contributed by atoms with E-state index in [1.165, 1.54) is 0 Å². The van der Waals surface area contributed by atoms with Crippen LogP contribution in [0, 0.1) is 0 Å². The first-order valence-electron chi connectivity index (χ1n) is 6.22. The Kier molecular flexibility index (Phi) is 4.58. The van der Waals surface area contributed by atoms with E-state index in [1.54, 1.807) is 6.33 Å². The first-order chi connectivity index (χ1) is 9.15. The maximum atomic E-state index is 10.00. The lowest BCUT2D eigenvalue weighted by atomic mass is 10.1. The van der Waals surface area contributed by atoms with E-state index < -0.39 is 6.29 Å². The quantitative estimate of drug-likeness (QED) is 0.856. The lowest BCUT2D eigenvalue weighted by Crippen LogP contribution is -2.14. The number of aromatic nitrogens is 2. The zero-order valence-electron chi connectivity index (χ0n) is 11.0. The van der Waals surface area contributed by atoms with E-state index in [0.29, 0.717) is 12.3 Å². The Balaban J connectivity index is 2.35. The fourth-order valence-corrected chi connectivity index (χ4v) is 2.25. The Bertz CT molecular complexity index is 527. The molecular formula is C14H17ClN2O2. The van der Waals surface area contributed by atoms with Crippen LogP contribution in [0.25, 0.3) is 0 Å².